The monoisotopic (exact) mass is 560 g/mol. The van der Waals surface area contributed by atoms with Gasteiger partial charge in [-0.1, -0.05) is 12.1 Å². The lowest BCUT2D eigenvalue weighted by atomic mass is 10.2. The average molecular weight is 561 g/mol. The van der Waals surface area contributed by atoms with Crippen LogP contribution in [0.5, 0.6) is 11.5 Å². The molecule has 7 nitrogen and oxygen atoms in total. The lowest BCUT2D eigenvalue weighted by molar-refractivity contribution is 0.0177. The molecule has 1 unspecified atom stereocenters. The van der Waals surface area contributed by atoms with E-state index in [0.29, 0.717) is 18.3 Å². The van der Waals surface area contributed by atoms with E-state index >= 15 is 0 Å². The van der Waals surface area contributed by atoms with Gasteiger partial charge in [0.05, 0.1) is 40.0 Å². The molecule has 1 aliphatic rings. The van der Waals surface area contributed by atoms with Crippen molar-refractivity contribution < 1.29 is 14.2 Å². The summed E-state index contributed by atoms with van der Waals surface area (Å²) in [5.41, 5.74) is 1.06. The van der Waals surface area contributed by atoms with Crippen LogP contribution in [0, 0.1) is 0 Å². The molecular formula is C22H33IN4O3S. The van der Waals surface area contributed by atoms with E-state index in [9.17, 15) is 0 Å². The molecular weight excluding hydrogens is 527 g/mol. The summed E-state index contributed by atoms with van der Waals surface area (Å²) in [7, 11) is 3.29. The first-order chi connectivity index (χ1) is 14.7. The zero-order chi connectivity index (χ0) is 21.2. The first kappa shape index (κ1) is 25.7. The highest BCUT2D eigenvalue weighted by atomic mass is 127. The van der Waals surface area contributed by atoms with Gasteiger partial charge in [0, 0.05) is 31.1 Å². The van der Waals surface area contributed by atoms with Crippen molar-refractivity contribution in [3.8, 4) is 11.5 Å². The van der Waals surface area contributed by atoms with Crippen molar-refractivity contribution in [3.63, 3.8) is 0 Å². The van der Waals surface area contributed by atoms with Gasteiger partial charge < -0.3 is 24.8 Å². The van der Waals surface area contributed by atoms with Gasteiger partial charge in [0.1, 0.15) is 0 Å². The molecule has 172 valence electrons. The van der Waals surface area contributed by atoms with Crippen LogP contribution < -0.4 is 20.1 Å². The molecule has 0 bridgehead atoms. The first-order valence-electron chi connectivity index (χ1n) is 10.3. The molecule has 0 saturated carbocycles. The number of methoxy groups -OCH3 is 2. The van der Waals surface area contributed by atoms with Gasteiger partial charge in [0.25, 0.3) is 0 Å². The van der Waals surface area contributed by atoms with Gasteiger partial charge in [-0.3, -0.25) is 4.90 Å². The predicted molar refractivity (Wildman–Crippen MR) is 137 cm³/mol. The fourth-order valence-corrected chi connectivity index (χ4v) is 4.32. The lowest BCUT2D eigenvalue weighted by Crippen LogP contribution is -2.46. The molecule has 2 aromatic rings. The third-order valence-electron chi connectivity index (χ3n) is 5.03. The Labute approximate surface area is 206 Å². The van der Waals surface area contributed by atoms with Gasteiger partial charge in [-0.2, -0.15) is 0 Å². The molecule has 1 fully saturated rings. The highest BCUT2D eigenvalue weighted by Crippen LogP contribution is 2.28. The number of aliphatic imine (C=N–C) groups is 1. The number of rotatable bonds is 9. The molecule has 1 aromatic carbocycles. The summed E-state index contributed by atoms with van der Waals surface area (Å²) >= 11 is 1.80. The third kappa shape index (κ3) is 7.51. The van der Waals surface area contributed by atoms with Crippen LogP contribution in [-0.2, 0) is 11.3 Å². The largest absolute Gasteiger partial charge is 0.493 e. The Morgan fingerprint density at radius 3 is 2.58 bits per heavy atom. The molecule has 0 spiro atoms. The van der Waals surface area contributed by atoms with E-state index in [1.54, 1.807) is 25.6 Å². The van der Waals surface area contributed by atoms with E-state index in [-0.39, 0.29) is 24.0 Å². The van der Waals surface area contributed by atoms with E-state index in [2.05, 4.69) is 40.0 Å². The average Bonchev–Trinajstić information content (AvgIpc) is 3.32. The zero-order valence-electron chi connectivity index (χ0n) is 18.4. The number of halogens is 1. The second-order valence-electron chi connectivity index (χ2n) is 6.94. The Hall–Kier alpha value is -1.56. The molecule has 0 aliphatic carbocycles. The molecule has 2 heterocycles. The normalized spacial score (nSPS) is 15.6. The van der Waals surface area contributed by atoms with Crippen molar-refractivity contribution >= 4 is 41.3 Å². The van der Waals surface area contributed by atoms with Crippen molar-refractivity contribution in [2.45, 2.75) is 19.5 Å². The maximum atomic E-state index is 5.54. The Bertz CT molecular complexity index is 798. The molecule has 2 N–H and O–H groups in total. The Balaban J connectivity index is 0.00000341. The van der Waals surface area contributed by atoms with Crippen LogP contribution in [0.25, 0.3) is 0 Å². The van der Waals surface area contributed by atoms with Crippen molar-refractivity contribution in [2.75, 3.05) is 53.6 Å². The highest BCUT2D eigenvalue weighted by molar-refractivity contribution is 14.0. The van der Waals surface area contributed by atoms with Gasteiger partial charge in [-0.15, -0.1) is 35.3 Å². The van der Waals surface area contributed by atoms with E-state index in [0.717, 1.165) is 56.7 Å². The van der Waals surface area contributed by atoms with Crippen molar-refractivity contribution in [1.82, 2.24) is 15.5 Å². The fourth-order valence-electron chi connectivity index (χ4n) is 3.46. The summed E-state index contributed by atoms with van der Waals surface area (Å²) in [4.78, 5) is 8.62. The van der Waals surface area contributed by atoms with Crippen LogP contribution in [0.1, 0.15) is 23.4 Å². The summed E-state index contributed by atoms with van der Waals surface area (Å²) in [6.07, 6.45) is 0. The summed E-state index contributed by atoms with van der Waals surface area (Å²) in [6, 6.07) is 10.5. The Morgan fingerprint density at radius 1 is 1.16 bits per heavy atom. The van der Waals surface area contributed by atoms with E-state index < -0.39 is 0 Å². The molecule has 0 amide bonds. The van der Waals surface area contributed by atoms with Gasteiger partial charge >= 0.3 is 0 Å². The fraction of sp³-hybridized carbons (Fsp3) is 0.500. The quantitative estimate of drug-likeness (QED) is 0.278. The van der Waals surface area contributed by atoms with Crippen molar-refractivity contribution in [3.05, 3.63) is 46.2 Å². The smallest absolute Gasteiger partial charge is 0.191 e. The standard InChI is InChI=1S/C22H32N4O3S.HI/c1-4-23-22(24-15-17-7-8-19(27-2)20(14-17)28-3)25-16-18(21-6-5-13-30-21)26-9-11-29-12-10-26;/h5-8,13-14,18H,4,9-12,15-16H2,1-3H3,(H2,23,24,25);1H. The molecule has 1 atom stereocenters. The number of ether oxygens (including phenoxy) is 3. The number of morpholine rings is 1. The van der Waals surface area contributed by atoms with Gasteiger partial charge in [-0.25, -0.2) is 4.99 Å². The van der Waals surface area contributed by atoms with Crippen LogP contribution in [0.3, 0.4) is 0 Å². The summed E-state index contributed by atoms with van der Waals surface area (Å²) < 4.78 is 16.3. The number of nitrogens with one attached hydrogen (secondary N) is 2. The molecule has 9 heteroatoms. The van der Waals surface area contributed by atoms with E-state index in [1.165, 1.54) is 4.88 Å². The minimum atomic E-state index is 0. The topological polar surface area (TPSA) is 67.4 Å². The lowest BCUT2D eigenvalue weighted by Gasteiger charge is -2.34. The Kier molecular flexibility index (Phi) is 11.4. The number of hydrogen-bond acceptors (Lipinski definition) is 6. The highest BCUT2D eigenvalue weighted by Gasteiger charge is 2.23. The number of benzene rings is 1. The van der Waals surface area contributed by atoms with Crippen LogP contribution in [0.15, 0.2) is 40.7 Å². The number of nitrogens with zero attached hydrogens (tertiary/aromatic N) is 2. The second-order valence-corrected chi connectivity index (χ2v) is 7.92. The van der Waals surface area contributed by atoms with Gasteiger partial charge in [0.2, 0.25) is 0 Å². The third-order valence-corrected chi connectivity index (χ3v) is 6.01. The predicted octanol–water partition coefficient (Wildman–Crippen LogP) is 3.51. The van der Waals surface area contributed by atoms with Gasteiger partial charge in [0.15, 0.2) is 17.5 Å². The van der Waals surface area contributed by atoms with Crippen LogP contribution >= 0.6 is 35.3 Å². The summed E-state index contributed by atoms with van der Waals surface area (Å²) in [5, 5.41) is 9.02. The second kappa shape index (κ2) is 13.8. The summed E-state index contributed by atoms with van der Waals surface area (Å²) in [6.45, 7) is 7.69. The number of thiophene rings is 1. The molecule has 1 aliphatic heterocycles. The van der Waals surface area contributed by atoms with E-state index in [1.807, 2.05) is 18.2 Å². The maximum absolute atomic E-state index is 5.54. The molecule has 31 heavy (non-hydrogen) atoms. The van der Waals surface area contributed by atoms with Gasteiger partial charge in [-0.05, 0) is 36.1 Å². The maximum Gasteiger partial charge on any atom is 0.191 e. The van der Waals surface area contributed by atoms with Crippen LogP contribution in [-0.4, -0.2) is 64.5 Å². The van der Waals surface area contributed by atoms with Crippen molar-refractivity contribution in [1.29, 1.82) is 0 Å². The minimum Gasteiger partial charge on any atom is -0.493 e. The number of guanidine groups is 1. The first-order valence-corrected chi connectivity index (χ1v) is 11.2. The zero-order valence-corrected chi connectivity index (χ0v) is 21.6. The summed E-state index contributed by atoms with van der Waals surface area (Å²) in [5.74, 6) is 2.25. The minimum absolute atomic E-state index is 0. The molecule has 3 rings (SSSR count). The van der Waals surface area contributed by atoms with E-state index in [4.69, 9.17) is 19.2 Å². The molecule has 1 aromatic heterocycles. The Morgan fingerprint density at radius 2 is 1.94 bits per heavy atom. The number of hydrogen-bond donors (Lipinski definition) is 2. The molecule has 0 radical (unpaired) electrons. The molecule has 1 saturated heterocycles. The van der Waals surface area contributed by atoms with Crippen molar-refractivity contribution in [2.24, 2.45) is 4.99 Å². The SMILES string of the molecule is CCNC(=NCc1ccc(OC)c(OC)c1)NCC(c1cccs1)N1CCOCC1.I. The van der Waals surface area contributed by atoms with Crippen LogP contribution in [0.4, 0.5) is 0 Å². The van der Waals surface area contributed by atoms with Crippen LogP contribution in [0.2, 0.25) is 0 Å².